The van der Waals surface area contributed by atoms with E-state index < -0.39 is 22.3 Å². The molecule has 1 heterocycles. The number of carbonyl (C=O) groups is 2. The Labute approximate surface area is 68.0 Å². The normalized spacial score (nSPS) is 33.7. The zero-order valence-electron chi connectivity index (χ0n) is 4.76. The fourth-order valence-electron chi connectivity index (χ4n) is 0.629. The molecule has 0 aromatic carbocycles. The number of hydrogen-bond acceptors (Lipinski definition) is 5. The maximum Gasteiger partial charge on any atom is 0.267 e. The van der Waals surface area contributed by atoms with Gasteiger partial charge in [0.1, 0.15) is 10.5 Å². The van der Waals surface area contributed by atoms with Crippen LogP contribution in [0.1, 0.15) is 0 Å². The van der Waals surface area contributed by atoms with Gasteiger partial charge in [0.2, 0.25) is 0 Å². The summed E-state index contributed by atoms with van der Waals surface area (Å²) in [5.41, 5.74) is 0. The minimum atomic E-state index is -0.819. The van der Waals surface area contributed by atoms with Crippen LogP contribution in [-0.4, -0.2) is 32.6 Å². The second-order valence-electron chi connectivity index (χ2n) is 1.88. The second kappa shape index (κ2) is 2.44. The summed E-state index contributed by atoms with van der Waals surface area (Å²) in [6.07, 6.45) is 0. The number of hydroxylamine groups is 2. The summed E-state index contributed by atoms with van der Waals surface area (Å²) in [5.74, 6) is -1.43. The van der Waals surface area contributed by atoms with E-state index in [9.17, 15) is 9.59 Å². The van der Waals surface area contributed by atoms with Gasteiger partial charge in [0.15, 0.2) is 0 Å². The van der Waals surface area contributed by atoms with Gasteiger partial charge in [0, 0.05) is 0 Å². The maximum absolute atomic E-state index is 10.7. The van der Waals surface area contributed by atoms with Crippen LogP contribution in [0, 0.1) is 0 Å². The molecule has 4 nitrogen and oxygen atoms in total. The summed E-state index contributed by atoms with van der Waals surface area (Å²) in [5, 5.41) is 7.06. The van der Waals surface area contributed by atoms with Crippen molar-refractivity contribution >= 4 is 37.1 Å². The first-order chi connectivity index (χ1) is 4.55. The van der Waals surface area contributed by atoms with Gasteiger partial charge < -0.3 is 0 Å². The van der Waals surface area contributed by atoms with Crippen molar-refractivity contribution in [3.05, 3.63) is 0 Å². The molecule has 2 amide bonds. The van der Waals surface area contributed by atoms with Gasteiger partial charge in [-0.25, -0.2) is 0 Å². The van der Waals surface area contributed by atoms with E-state index in [1.54, 1.807) is 0 Å². The van der Waals surface area contributed by atoms with Crippen molar-refractivity contribution in [3.63, 3.8) is 0 Å². The lowest BCUT2D eigenvalue weighted by Crippen LogP contribution is -2.27. The molecule has 10 heavy (non-hydrogen) atoms. The van der Waals surface area contributed by atoms with E-state index in [0.29, 0.717) is 0 Å². The highest BCUT2D eigenvalue weighted by Crippen LogP contribution is 2.20. The van der Waals surface area contributed by atoms with Crippen LogP contribution in [0.4, 0.5) is 0 Å². The number of carbonyl (C=O) groups excluding carboxylic acids is 2. The lowest BCUT2D eigenvalue weighted by Gasteiger charge is -2.00. The summed E-state index contributed by atoms with van der Waals surface area (Å²) >= 11 is 7.50. The molecule has 0 aromatic rings. The summed E-state index contributed by atoms with van der Waals surface area (Å²) in [6, 6.07) is 0. The van der Waals surface area contributed by atoms with Crippen molar-refractivity contribution in [2.45, 2.75) is 10.5 Å². The first-order valence-corrected chi connectivity index (χ1v) is 3.52. The molecule has 0 radical (unpaired) electrons. The average Bonchev–Trinajstić information content (AvgIpc) is 2.07. The molecule has 1 N–H and O–H groups in total. The predicted molar refractivity (Wildman–Crippen MR) is 39.2 cm³/mol. The van der Waals surface area contributed by atoms with E-state index in [1.807, 2.05) is 0 Å². The molecule has 1 fully saturated rings. The maximum atomic E-state index is 10.7. The van der Waals surface area contributed by atoms with Crippen LogP contribution in [-0.2, 0) is 9.59 Å². The lowest BCUT2D eigenvalue weighted by molar-refractivity contribution is -0.170. The van der Waals surface area contributed by atoms with E-state index in [2.05, 4.69) is 25.3 Å². The smallest absolute Gasteiger partial charge is 0.267 e. The van der Waals surface area contributed by atoms with Gasteiger partial charge in [-0.05, 0) is 0 Å². The number of imide groups is 1. The first kappa shape index (κ1) is 7.90. The topological polar surface area (TPSA) is 57.6 Å². The summed E-state index contributed by atoms with van der Waals surface area (Å²) in [6.45, 7) is 0. The Morgan fingerprint density at radius 2 is 1.50 bits per heavy atom. The second-order valence-corrected chi connectivity index (χ2v) is 2.99. The Hall–Kier alpha value is -0.200. The molecule has 2 unspecified atom stereocenters. The summed E-state index contributed by atoms with van der Waals surface area (Å²) in [4.78, 5) is 21.3. The monoisotopic (exact) mass is 179 g/mol. The van der Waals surface area contributed by atoms with Crippen molar-refractivity contribution < 1.29 is 14.8 Å². The van der Waals surface area contributed by atoms with Gasteiger partial charge in [-0.3, -0.25) is 14.8 Å². The Kier molecular flexibility index (Phi) is 1.93. The van der Waals surface area contributed by atoms with Gasteiger partial charge >= 0.3 is 0 Å². The molecular formula is C4H5NO3S2. The van der Waals surface area contributed by atoms with Crippen LogP contribution in [0.2, 0.25) is 0 Å². The molecular weight excluding hydrogens is 174 g/mol. The van der Waals surface area contributed by atoms with E-state index in [4.69, 9.17) is 5.21 Å². The number of rotatable bonds is 0. The van der Waals surface area contributed by atoms with Gasteiger partial charge in [-0.1, -0.05) is 0 Å². The van der Waals surface area contributed by atoms with Crippen molar-refractivity contribution in [2.75, 3.05) is 0 Å². The van der Waals surface area contributed by atoms with E-state index >= 15 is 0 Å². The molecule has 6 heteroatoms. The largest absolute Gasteiger partial charge is 0.278 e. The molecule has 0 bridgehead atoms. The number of amides is 2. The molecule has 0 aromatic heterocycles. The van der Waals surface area contributed by atoms with Crippen LogP contribution in [0.3, 0.4) is 0 Å². The third kappa shape index (κ3) is 0.920. The molecule has 0 spiro atoms. The fraction of sp³-hybridized carbons (Fsp3) is 0.500. The van der Waals surface area contributed by atoms with Crippen LogP contribution >= 0.6 is 25.3 Å². The quantitative estimate of drug-likeness (QED) is 0.263. The van der Waals surface area contributed by atoms with Crippen molar-refractivity contribution in [1.29, 1.82) is 0 Å². The van der Waals surface area contributed by atoms with Crippen LogP contribution < -0.4 is 0 Å². The van der Waals surface area contributed by atoms with E-state index in [0.717, 1.165) is 0 Å². The van der Waals surface area contributed by atoms with Crippen molar-refractivity contribution in [2.24, 2.45) is 0 Å². The Morgan fingerprint density at radius 3 is 1.60 bits per heavy atom. The molecule has 1 saturated heterocycles. The fourth-order valence-corrected chi connectivity index (χ4v) is 1.10. The average molecular weight is 179 g/mol. The minimum Gasteiger partial charge on any atom is -0.278 e. The van der Waals surface area contributed by atoms with Gasteiger partial charge in [0.05, 0.1) is 0 Å². The highest BCUT2D eigenvalue weighted by molar-refractivity contribution is 7.86. The summed E-state index contributed by atoms with van der Waals surface area (Å²) in [7, 11) is 0. The molecule has 1 aliphatic rings. The molecule has 0 saturated carbocycles. The van der Waals surface area contributed by atoms with Crippen LogP contribution in [0.5, 0.6) is 0 Å². The van der Waals surface area contributed by atoms with E-state index in [-0.39, 0.29) is 5.06 Å². The molecule has 1 rings (SSSR count). The molecule has 0 aliphatic carbocycles. The minimum absolute atomic E-state index is 0.0509. The highest BCUT2D eigenvalue weighted by Gasteiger charge is 2.43. The van der Waals surface area contributed by atoms with E-state index in [1.165, 1.54) is 0 Å². The Balaban J connectivity index is 2.89. The molecule has 56 valence electrons. The SMILES string of the molecule is O=C1C(S)C(S)C(=O)N1O. The highest BCUT2D eigenvalue weighted by atomic mass is 32.1. The standard InChI is InChI=1S/C4H5NO3S2/c6-3-1(9)2(10)4(7)5(3)8/h1-2,8-10H. The van der Waals surface area contributed by atoms with Gasteiger partial charge in [0.25, 0.3) is 11.8 Å². The predicted octanol–water partition coefficient (Wildman–Crippen LogP) is -0.659. The number of thiol groups is 2. The number of nitrogens with zero attached hydrogens (tertiary/aromatic N) is 1. The third-order valence-corrected chi connectivity index (χ3v) is 2.50. The third-order valence-electron chi connectivity index (χ3n) is 1.22. The number of hydrogen-bond donors (Lipinski definition) is 3. The van der Waals surface area contributed by atoms with Gasteiger partial charge in [-0.2, -0.15) is 30.3 Å². The van der Waals surface area contributed by atoms with Gasteiger partial charge in [-0.15, -0.1) is 0 Å². The zero-order valence-corrected chi connectivity index (χ0v) is 6.55. The Morgan fingerprint density at radius 1 is 1.20 bits per heavy atom. The van der Waals surface area contributed by atoms with Crippen LogP contribution in [0.15, 0.2) is 0 Å². The molecule has 2 atom stereocenters. The van der Waals surface area contributed by atoms with Crippen LogP contribution in [0.25, 0.3) is 0 Å². The molecule has 1 aliphatic heterocycles. The Bertz CT molecular complexity index is 175. The summed E-state index contributed by atoms with van der Waals surface area (Å²) < 4.78 is 0. The van der Waals surface area contributed by atoms with Crippen molar-refractivity contribution in [1.82, 2.24) is 5.06 Å². The zero-order chi connectivity index (χ0) is 7.89. The lowest BCUT2D eigenvalue weighted by atomic mass is 10.3. The van der Waals surface area contributed by atoms with Crippen molar-refractivity contribution in [3.8, 4) is 0 Å². The first-order valence-electron chi connectivity index (χ1n) is 2.48.